The predicted molar refractivity (Wildman–Crippen MR) is 116 cm³/mol. The van der Waals surface area contributed by atoms with E-state index < -0.39 is 0 Å². The quantitative estimate of drug-likeness (QED) is 0.796. The normalized spacial score (nSPS) is 22.5. The number of benzene rings is 2. The minimum atomic E-state index is 0.395. The maximum atomic E-state index is 3.63. The van der Waals surface area contributed by atoms with Crippen LogP contribution in [0, 0.1) is 0 Å². The standard InChI is InChI=1S/C25H34N2/c1-2-7-22-10-11-24-23(20-22)25(13-6-16-26-17-14-25)15-19-27(24)18-12-21-8-4-3-5-9-21/h3-5,8-11,20,26H,2,6-7,12-19H2,1H3. The summed E-state index contributed by atoms with van der Waals surface area (Å²) in [6, 6.07) is 18.3. The molecule has 2 nitrogen and oxygen atoms in total. The van der Waals surface area contributed by atoms with E-state index in [1.807, 2.05) is 0 Å². The second-order valence-electron chi connectivity index (χ2n) is 8.46. The highest BCUT2D eigenvalue weighted by molar-refractivity contribution is 5.60. The van der Waals surface area contributed by atoms with E-state index in [4.69, 9.17) is 0 Å². The van der Waals surface area contributed by atoms with Gasteiger partial charge in [-0.1, -0.05) is 55.8 Å². The molecule has 2 aliphatic rings. The molecule has 1 N–H and O–H groups in total. The Bertz CT molecular complexity index is 729. The second kappa shape index (κ2) is 8.48. The van der Waals surface area contributed by atoms with Crippen LogP contribution in [-0.2, 0) is 18.3 Å². The van der Waals surface area contributed by atoms with Gasteiger partial charge in [-0.3, -0.25) is 0 Å². The molecule has 2 heteroatoms. The number of fused-ring (bicyclic) bond motifs is 2. The van der Waals surface area contributed by atoms with Crippen LogP contribution >= 0.6 is 0 Å². The van der Waals surface area contributed by atoms with E-state index in [0.29, 0.717) is 5.41 Å². The van der Waals surface area contributed by atoms with Crippen molar-refractivity contribution in [3.05, 3.63) is 65.2 Å². The molecule has 144 valence electrons. The van der Waals surface area contributed by atoms with E-state index >= 15 is 0 Å². The van der Waals surface area contributed by atoms with Gasteiger partial charge in [0.05, 0.1) is 0 Å². The number of hydrogen-bond acceptors (Lipinski definition) is 2. The van der Waals surface area contributed by atoms with Crippen molar-refractivity contribution < 1.29 is 0 Å². The molecule has 2 aromatic carbocycles. The van der Waals surface area contributed by atoms with Crippen LogP contribution in [0.5, 0.6) is 0 Å². The summed E-state index contributed by atoms with van der Waals surface area (Å²) < 4.78 is 0. The lowest BCUT2D eigenvalue weighted by molar-refractivity contribution is 0.339. The van der Waals surface area contributed by atoms with Gasteiger partial charge in [0.1, 0.15) is 0 Å². The van der Waals surface area contributed by atoms with E-state index in [0.717, 1.165) is 13.0 Å². The van der Waals surface area contributed by atoms with Crippen LogP contribution in [0.15, 0.2) is 48.5 Å². The Morgan fingerprint density at radius 3 is 2.67 bits per heavy atom. The molecule has 2 aromatic rings. The van der Waals surface area contributed by atoms with Crippen molar-refractivity contribution >= 4 is 5.69 Å². The van der Waals surface area contributed by atoms with Crippen molar-refractivity contribution in [1.82, 2.24) is 5.32 Å². The second-order valence-corrected chi connectivity index (χ2v) is 8.46. The van der Waals surface area contributed by atoms with E-state index in [-0.39, 0.29) is 0 Å². The third kappa shape index (κ3) is 4.06. The molecule has 1 unspecified atom stereocenters. The van der Waals surface area contributed by atoms with Crippen LogP contribution in [0.2, 0.25) is 0 Å². The summed E-state index contributed by atoms with van der Waals surface area (Å²) >= 11 is 0. The summed E-state index contributed by atoms with van der Waals surface area (Å²) in [5.74, 6) is 0. The van der Waals surface area contributed by atoms with Gasteiger partial charge in [-0.15, -0.1) is 0 Å². The molecular formula is C25H34N2. The molecule has 0 aliphatic carbocycles. The van der Waals surface area contributed by atoms with Gasteiger partial charge < -0.3 is 10.2 Å². The van der Waals surface area contributed by atoms with Crippen LogP contribution in [0.4, 0.5) is 5.69 Å². The van der Waals surface area contributed by atoms with E-state index in [1.54, 1.807) is 5.56 Å². The fourth-order valence-electron chi connectivity index (χ4n) is 5.12. The molecular weight excluding hydrogens is 328 g/mol. The van der Waals surface area contributed by atoms with E-state index in [2.05, 4.69) is 65.7 Å². The van der Waals surface area contributed by atoms with Crippen molar-refractivity contribution in [3.63, 3.8) is 0 Å². The summed E-state index contributed by atoms with van der Waals surface area (Å²) in [6.07, 6.45) is 8.81. The third-order valence-corrected chi connectivity index (χ3v) is 6.67. The zero-order valence-corrected chi connectivity index (χ0v) is 16.8. The largest absolute Gasteiger partial charge is 0.371 e. The van der Waals surface area contributed by atoms with Crippen molar-refractivity contribution in [3.8, 4) is 0 Å². The first-order valence-corrected chi connectivity index (χ1v) is 10.9. The van der Waals surface area contributed by atoms with Gasteiger partial charge in [0.15, 0.2) is 0 Å². The van der Waals surface area contributed by atoms with Crippen molar-refractivity contribution in [1.29, 1.82) is 0 Å². The topological polar surface area (TPSA) is 15.3 Å². The fourth-order valence-corrected chi connectivity index (χ4v) is 5.12. The molecule has 0 radical (unpaired) electrons. The van der Waals surface area contributed by atoms with E-state index in [9.17, 15) is 0 Å². The highest BCUT2D eigenvalue weighted by atomic mass is 15.1. The average molecular weight is 363 g/mol. The number of nitrogens with zero attached hydrogens (tertiary/aromatic N) is 1. The summed E-state index contributed by atoms with van der Waals surface area (Å²) in [5, 5.41) is 3.63. The SMILES string of the molecule is CCCc1ccc2c(c1)C1(CCCNCC1)CCN2CCc1ccccc1. The van der Waals surface area contributed by atoms with Gasteiger partial charge in [0.2, 0.25) is 0 Å². The Kier molecular flexibility index (Phi) is 5.83. The van der Waals surface area contributed by atoms with Crippen LogP contribution in [0.1, 0.15) is 55.7 Å². The molecule has 0 bridgehead atoms. The molecule has 0 amide bonds. The zero-order valence-electron chi connectivity index (χ0n) is 16.8. The predicted octanol–water partition coefficient (Wildman–Crippen LogP) is 5.10. The maximum absolute atomic E-state index is 3.63. The molecule has 1 atom stereocenters. The van der Waals surface area contributed by atoms with Gasteiger partial charge in [0, 0.05) is 24.2 Å². The number of hydrogen-bond donors (Lipinski definition) is 1. The summed E-state index contributed by atoms with van der Waals surface area (Å²) in [6.45, 7) is 6.97. The minimum absolute atomic E-state index is 0.395. The van der Waals surface area contributed by atoms with Crippen LogP contribution in [0.25, 0.3) is 0 Å². The van der Waals surface area contributed by atoms with Crippen LogP contribution in [-0.4, -0.2) is 26.2 Å². The number of nitrogens with one attached hydrogen (secondary N) is 1. The Hall–Kier alpha value is -1.80. The van der Waals surface area contributed by atoms with Gasteiger partial charge in [-0.2, -0.15) is 0 Å². The first kappa shape index (κ1) is 18.6. The molecule has 0 saturated carbocycles. The average Bonchev–Trinajstić information content (AvgIpc) is 2.95. The molecule has 0 aromatic heterocycles. The first-order chi connectivity index (χ1) is 13.3. The Morgan fingerprint density at radius 2 is 1.81 bits per heavy atom. The molecule has 4 rings (SSSR count). The van der Waals surface area contributed by atoms with Crippen LogP contribution in [0.3, 0.4) is 0 Å². The van der Waals surface area contributed by atoms with Crippen molar-refractivity contribution in [2.24, 2.45) is 0 Å². The van der Waals surface area contributed by atoms with Gasteiger partial charge in [0.25, 0.3) is 0 Å². The minimum Gasteiger partial charge on any atom is -0.371 e. The van der Waals surface area contributed by atoms with E-state index in [1.165, 1.54) is 75.0 Å². The van der Waals surface area contributed by atoms with Gasteiger partial charge in [-0.25, -0.2) is 0 Å². The smallest absolute Gasteiger partial charge is 0.0404 e. The highest BCUT2D eigenvalue weighted by Crippen LogP contribution is 2.46. The lowest BCUT2D eigenvalue weighted by Crippen LogP contribution is -2.42. The fraction of sp³-hybridized carbons (Fsp3) is 0.520. The highest BCUT2D eigenvalue weighted by Gasteiger charge is 2.39. The van der Waals surface area contributed by atoms with Crippen molar-refractivity contribution in [2.75, 3.05) is 31.1 Å². The Morgan fingerprint density at radius 1 is 0.926 bits per heavy atom. The molecule has 27 heavy (non-hydrogen) atoms. The lowest BCUT2D eigenvalue weighted by atomic mass is 9.69. The molecule has 1 spiro atoms. The van der Waals surface area contributed by atoms with Crippen molar-refractivity contribution in [2.45, 2.75) is 57.3 Å². The summed E-state index contributed by atoms with van der Waals surface area (Å²) in [4.78, 5) is 2.65. The monoisotopic (exact) mass is 362 g/mol. The van der Waals surface area contributed by atoms with Gasteiger partial charge >= 0.3 is 0 Å². The maximum Gasteiger partial charge on any atom is 0.0404 e. The first-order valence-electron chi connectivity index (χ1n) is 10.9. The third-order valence-electron chi connectivity index (χ3n) is 6.67. The van der Waals surface area contributed by atoms with Crippen LogP contribution < -0.4 is 10.2 Å². The molecule has 1 fully saturated rings. The Labute approximate surface area is 165 Å². The molecule has 1 saturated heterocycles. The zero-order chi connectivity index (χ0) is 18.5. The molecule has 2 heterocycles. The molecule has 2 aliphatic heterocycles. The summed E-state index contributed by atoms with van der Waals surface area (Å²) in [7, 11) is 0. The van der Waals surface area contributed by atoms with Gasteiger partial charge in [-0.05, 0) is 74.4 Å². The number of anilines is 1. The lowest BCUT2D eigenvalue weighted by Gasteiger charge is -2.44. The number of aryl methyl sites for hydroxylation is 1. The number of rotatable bonds is 5. The Balaban J connectivity index is 1.62. The summed E-state index contributed by atoms with van der Waals surface area (Å²) in [5.41, 5.74) is 6.53.